The number of rotatable bonds is 3. The van der Waals surface area contributed by atoms with Gasteiger partial charge in [0.25, 0.3) is 0 Å². The van der Waals surface area contributed by atoms with Gasteiger partial charge in [-0.05, 0) is 19.8 Å². The monoisotopic (exact) mass is 187 g/mol. The number of hydrogen-bond acceptors (Lipinski definition) is 4. The van der Waals surface area contributed by atoms with Crippen LogP contribution in [0.4, 0.5) is 0 Å². The molecule has 1 aliphatic rings. The minimum atomic E-state index is -0.575. The standard InChI is InChI=1S/C9H17NO3/c1-2-13-8(11)9(6-10)4-3-5-12-7-9/h2-7,10H2,1H3. The molecule has 1 heterocycles. The average molecular weight is 187 g/mol. The van der Waals surface area contributed by atoms with Crippen LogP contribution in [0.15, 0.2) is 0 Å². The number of hydrogen-bond donors (Lipinski definition) is 1. The van der Waals surface area contributed by atoms with Crippen molar-refractivity contribution in [1.82, 2.24) is 0 Å². The maximum atomic E-state index is 11.6. The minimum Gasteiger partial charge on any atom is -0.465 e. The van der Waals surface area contributed by atoms with Crippen molar-refractivity contribution in [3.63, 3.8) is 0 Å². The Morgan fingerprint density at radius 2 is 2.46 bits per heavy atom. The van der Waals surface area contributed by atoms with Crippen LogP contribution in [-0.4, -0.2) is 32.3 Å². The lowest BCUT2D eigenvalue weighted by atomic mass is 9.83. The fourth-order valence-electron chi connectivity index (χ4n) is 1.54. The summed E-state index contributed by atoms with van der Waals surface area (Å²) in [6.07, 6.45) is 1.67. The van der Waals surface area contributed by atoms with Crippen LogP contribution in [0.25, 0.3) is 0 Å². The molecule has 1 aliphatic heterocycles. The summed E-state index contributed by atoms with van der Waals surface area (Å²) in [4.78, 5) is 11.6. The molecule has 1 atom stereocenters. The molecule has 1 fully saturated rings. The second-order valence-corrected chi connectivity index (χ2v) is 3.36. The van der Waals surface area contributed by atoms with E-state index in [1.807, 2.05) is 0 Å². The summed E-state index contributed by atoms with van der Waals surface area (Å²) in [5.41, 5.74) is 5.01. The zero-order chi connectivity index (χ0) is 9.73. The van der Waals surface area contributed by atoms with Crippen molar-refractivity contribution in [2.45, 2.75) is 19.8 Å². The number of nitrogens with two attached hydrogens (primary N) is 1. The Morgan fingerprint density at radius 3 is 2.92 bits per heavy atom. The zero-order valence-electron chi connectivity index (χ0n) is 8.04. The lowest BCUT2D eigenvalue weighted by Gasteiger charge is -2.33. The molecule has 1 rings (SSSR count). The van der Waals surface area contributed by atoms with E-state index in [2.05, 4.69) is 0 Å². The van der Waals surface area contributed by atoms with Gasteiger partial charge in [-0.2, -0.15) is 0 Å². The normalized spacial score (nSPS) is 28.5. The first kappa shape index (κ1) is 10.5. The van der Waals surface area contributed by atoms with E-state index in [-0.39, 0.29) is 5.97 Å². The van der Waals surface area contributed by atoms with Gasteiger partial charge < -0.3 is 15.2 Å². The maximum absolute atomic E-state index is 11.6. The lowest BCUT2D eigenvalue weighted by Crippen LogP contribution is -2.46. The quantitative estimate of drug-likeness (QED) is 0.646. The van der Waals surface area contributed by atoms with Gasteiger partial charge in [-0.3, -0.25) is 4.79 Å². The summed E-state index contributed by atoms with van der Waals surface area (Å²) in [6.45, 7) is 3.64. The molecule has 0 aromatic heterocycles. The molecule has 0 amide bonds. The number of carbonyl (C=O) groups is 1. The van der Waals surface area contributed by atoms with Crippen molar-refractivity contribution in [3.8, 4) is 0 Å². The lowest BCUT2D eigenvalue weighted by molar-refractivity contribution is -0.162. The molecule has 2 N–H and O–H groups in total. The molecule has 76 valence electrons. The summed E-state index contributed by atoms with van der Waals surface area (Å²) >= 11 is 0. The van der Waals surface area contributed by atoms with Gasteiger partial charge in [-0.25, -0.2) is 0 Å². The van der Waals surface area contributed by atoms with Gasteiger partial charge in [0.1, 0.15) is 5.41 Å². The van der Waals surface area contributed by atoms with Crippen molar-refractivity contribution < 1.29 is 14.3 Å². The van der Waals surface area contributed by atoms with E-state index in [4.69, 9.17) is 15.2 Å². The maximum Gasteiger partial charge on any atom is 0.315 e. The summed E-state index contributed by atoms with van der Waals surface area (Å²) in [6, 6.07) is 0. The van der Waals surface area contributed by atoms with Gasteiger partial charge in [-0.15, -0.1) is 0 Å². The highest BCUT2D eigenvalue weighted by Crippen LogP contribution is 2.28. The Balaban J connectivity index is 2.61. The van der Waals surface area contributed by atoms with Crippen molar-refractivity contribution >= 4 is 5.97 Å². The van der Waals surface area contributed by atoms with Crippen LogP contribution >= 0.6 is 0 Å². The van der Waals surface area contributed by atoms with Crippen LogP contribution in [0.2, 0.25) is 0 Å². The highest BCUT2D eigenvalue weighted by molar-refractivity contribution is 5.77. The van der Waals surface area contributed by atoms with E-state index in [1.165, 1.54) is 0 Å². The van der Waals surface area contributed by atoms with Crippen LogP contribution < -0.4 is 5.73 Å². The first-order valence-electron chi connectivity index (χ1n) is 4.70. The van der Waals surface area contributed by atoms with Gasteiger partial charge in [0, 0.05) is 13.2 Å². The van der Waals surface area contributed by atoms with Gasteiger partial charge in [-0.1, -0.05) is 0 Å². The second-order valence-electron chi connectivity index (χ2n) is 3.36. The van der Waals surface area contributed by atoms with E-state index < -0.39 is 5.41 Å². The SMILES string of the molecule is CCOC(=O)C1(CN)CCCOC1. The van der Waals surface area contributed by atoms with Crippen LogP contribution in [0.1, 0.15) is 19.8 Å². The Bertz CT molecular complexity index is 176. The Labute approximate surface area is 78.4 Å². The zero-order valence-corrected chi connectivity index (χ0v) is 8.04. The highest BCUT2D eigenvalue weighted by Gasteiger charge is 2.40. The average Bonchev–Trinajstić information content (AvgIpc) is 2.19. The third-order valence-electron chi connectivity index (χ3n) is 2.42. The van der Waals surface area contributed by atoms with Crippen LogP contribution in [0.5, 0.6) is 0 Å². The molecule has 0 aromatic carbocycles. The van der Waals surface area contributed by atoms with Crippen molar-refractivity contribution in [2.75, 3.05) is 26.4 Å². The molecule has 0 spiro atoms. The molecule has 0 saturated carbocycles. The van der Waals surface area contributed by atoms with Crippen molar-refractivity contribution in [3.05, 3.63) is 0 Å². The van der Waals surface area contributed by atoms with Crippen LogP contribution in [-0.2, 0) is 14.3 Å². The van der Waals surface area contributed by atoms with Crippen molar-refractivity contribution in [2.24, 2.45) is 11.1 Å². The van der Waals surface area contributed by atoms with Gasteiger partial charge in [0.05, 0.1) is 13.2 Å². The predicted molar refractivity (Wildman–Crippen MR) is 48.2 cm³/mol. The summed E-state index contributed by atoms with van der Waals surface area (Å²) in [5.74, 6) is -0.211. The van der Waals surface area contributed by atoms with E-state index in [9.17, 15) is 4.79 Å². The smallest absolute Gasteiger partial charge is 0.315 e. The molecule has 0 bridgehead atoms. The molecule has 0 aromatic rings. The molecule has 4 heteroatoms. The Kier molecular flexibility index (Phi) is 3.69. The largest absolute Gasteiger partial charge is 0.465 e. The van der Waals surface area contributed by atoms with Crippen molar-refractivity contribution in [1.29, 1.82) is 0 Å². The van der Waals surface area contributed by atoms with Crippen LogP contribution in [0.3, 0.4) is 0 Å². The molecule has 1 unspecified atom stereocenters. The molecule has 4 nitrogen and oxygen atoms in total. The third-order valence-corrected chi connectivity index (χ3v) is 2.42. The first-order valence-corrected chi connectivity index (χ1v) is 4.70. The third kappa shape index (κ3) is 2.19. The number of esters is 1. The number of ether oxygens (including phenoxy) is 2. The first-order chi connectivity index (χ1) is 6.25. The van der Waals surface area contributed by atoms with E-state index in [1.54, 1.807) is 6.92 Å². The van der Waals surface area contributed by atoms with Gasteiger partial charge >= 0.3 is 5.97 Å². The Hall–Kier alpha value is -0.610. The molecular formula is C9H17NO3. The highest BCUT2D eigenvalue weighted by atomic mass is 16.5. The summed E-state index contributed by atoms with van der Waals surface area (Å²) in [7, 11) is 0. The fourth-order valence-corrected chi connectivity index (χ4v) is 1.54. The molecular weight excluding hydrogens is 170 g/mol. The second kappa shape index (κ2) is 4.58. The van der Waals surface area contributed by atoms with E-state index in [0.717, 1.165) is 19.4 Å². The molecule has 0 aliphatic carbocycles. The van der Waals surface area contributed by atoms with Crippen LogP contribution in [0, 0.1) is 5.41 Å². The predicted octanol–water partition coefficient (Wildman–Crippen LogP) is 0.305. The summed E-state index contributed by atoms with van der Waals surface area (Å²) < 4.78 is 10.2. The topological polar surface area (TPSA) is 61.5 Å². The molecule has 13 heavy (non-hydrogen) atoms. The van der Waals surface area contributed by atoms with Gasteiger partial charge in [0.2, 0.25) is 0 Å². The van der Waals surface area contributed by atoms with E-state index in [0.29, 0.717) is 19.8 Å². The molecule has 0 radical (unpaired) electrons. The number of carbonyl (C=O) groups excluding carboxylic acids is 1. The Morgan fingerprint density at radius 1 is 1.69 bits per heavy atom. The summed E-state index contributed by atoms with van der Waals surface area (Å²) in [5, 5.41) is 0. The molecule has 1 saturated heterocycles. The van der Waals surface area contributed by atoms with Gasteiger partial charge in [0.15, 0.2) is 0 Å². The van der Waals surface area contributed by atoms with E-state index >= 15 is 0 Å². The minimum absolute atomic E-state index is 0.211. The fraction of sp³-hybridized carbons (Fsp3) is 0.889.